The van der Waals surface area contributed by atoms with E-state index >= 15 is 0 Å². The molecule has 0 aliphatic rings. The van der Waals surface area contributed by atoms with Crippen molar-refractivity contribution in [2.45, 2.75) is 13.8 Å². The molecule has 174 valence electrons. The molecule has 8 nitrogen and oxygen atoms in total. The maximum Gasteiger partial charge on any atom is 0.252 e. The molecule has 0 saturated heterocycles. The van der Waals surface area contributed by atoms with Crippen molar-refractivity contribution in [1.82, 2.24) is 5.43 Å². The topological polar surface area (TPSA) is 98.2 Å². The van der Waals surface area contributed by atoms with E-state index in [-0.39, 0.29) is 17.5 Å². The monoisotopic (exact) mass is 471 g/mol. The Bertz CT molecular complexity index is 1050. The van der Waals surface area contributed by atoms with Crippen molar-refractivity contribution in [2.24, 2.45) is 16.9 Å². The molecule has 0 saturated carbocycles. The van der Waals surface area contributed by atoms with Gasteiger partial charge in [-0.05, 0) is 47.9 Å². The lowest BCUT2D eigenvalue weighted by Gasteiger charge is -2.18. The average Bonchev–Trinajstić information content (AvgIpc) is 2.78. The Morgan fingerprint density at radius 1 is 1.15 bits per heavy atom. The molecule has 33 heavy (non-hydrogen) atoms. The standard InChI is InChI=1S/C24H26ClN3O5/c1-6-11-33-22-19(25)12-16(13-20(22)32-5)14-26-28-24(30)21(15(2)3)23(29)27-17-7-9-18(31-4)10-8-17/h1,7-10,12-15,21H,11H2,2-5H3,(H,27,29)(H,28,30). The summed E-state index contributed by atoms with van der Waals surface area (Å²) in [4.78, 5) is 25.4. The van der Waals surface area contributed by atoms with Gasteiger partial charge in [0, 0.05) is 5.69 Å². The predicted molar refractivity (Wildman–Crippen MR) is 128 cm³/mol. The minimum Gasteiger partial charge on any atom is -0.497 e. The quantitative estimate of drug-likeness (QED) is 0.238. The van der Waals surface area contributed by atoms with Gasteiger partial charge in [-0.1, -0.05) is 31.4 Å². The number of nitrogens with one attached hydrogen (secondary N) is 2. The molecule has 2 rings (SSSR count). The molecule has 1 atom stereocenters. The van der Waals surface area contributed by atoms with Gasteiger partial charge in [-0.3, -0.25) is 9.59 Å². The molecule has 0 bridgehead atoms. The van der Waals surface area contributed by atoms with Crippen LogP contribution >= 0.6 is 11.6 Å². The summed E-state index contributed by atoms with van der Waals surface area (Å²) < 4.78 is 15.8. The Morgan fingerprint density at radius 2 is 1.85 bits per heavy atom. The lowest BCUT2D eigenvalue weighted by Crippen LogP contribution is -2.39. The molecule has 9 heteroatoms. The van der Waals surface area contributed by atoms with Gasteiger partial charge in [0.25, 0.3) is 5.91 Å². The highest BCUT2D eigenvalue weighted by molar-refractivity contribution is 6.32. The van der Waals surface area contributed by atoms with Gasteiger partial charge >= 0.3 is 0 Å². The van der Waals surface area contributed by atoms with Crippen LogP contribution in [-0.4, -0.2) is 38.9 Å². The zero-order chi connectivity index (χ0) is 24.4. The van der Waals surface area contributed by atoms with Crippen molar-refractivity contribution >= 4 is 35.3 Å². The van der Waals surface area contributed by atoms with Crippen LogP contribution in [0.25, 0.3) is 0 Å². The Morgan fingerprint density at radius 3 is 2.42 bits per heavy atom. The van der Waals surface area contributed by atoms with E-state index in [4.69, 9.17) is 32.2 Å². The fourth-order valence-electron chi connectivity index (χ4n) is 2.93. The second kappa shape index (κ2) is 12.4. The van der Waals surface area contributed by atoms with E-state index in [0.29, 0.717) is 28.5 Å². The number of carbonyl (C=O) groups excluding carboxylic acids is 2. The first-order valence-corrected chi connectivity index (χ1v) is 10.4. The number of hydrazone groups is 1. The van der Waals surface area contributed by atoms with Gasteiger partial charge in [-0.2, -0.15) is 5.10 Å². The first kappa shape index (κ1) is 25.6. The third-order valence-corrected chi connectivity index (χ3v) is 4.81. The predicted octanol–water partition coefficient (Wildman–Crippen LogP) is 3.73. The zero-order valence-corrected chi connectivity index (χ0v) is 19.6. The minimum atomic E-state index is -0.957. The van der Waals surface area contributed by atoms with E-state index in [1.807, 2.05) is 0 Å². The van der Waals surface area contributed by atoms with Crippen LogP contribution in [0.5, 0.6) is 17.2 Å². The first-order valence-electron chi connectivity index (χ1n) is 10.0. The van der Waals surface area contributed by atoms with E-state index in [1.54, 1.807) is 57.4 Å². The van der Waals surface area contributed by atoms with Crippen LogP contribution in [0.2, 0.25) is 5.02 Å². The number of ether oxygens (including phenoxy) is 3. The number of terminal acetylenes is 1. The summed E-state index contributed by atoms with van der Waals surface area (Å²) in [7, 11) is 3.02. The van der Waals surface area contributed by atoms with Crippen LogP contribution in [0.4, 0.5) is 5.69 Å². The zero-order valence-electron chi connectivity index (χ0n) is 18.8. The van der Waals surface area contributed by atoms with Gasteiger partial charge in [0.15, 0.2) is 11.5 Å². The molecule has 0 fully saturated rings. The summed E-state index contributed by atoms with van der Waals surface area (Å²) in [5.74, 6) is 1.49. The van der Waals surface area contributed by atoms with E-state index in [1.165, 1.54) is 13.3 Å². The van der Waals surface area contributed by atoms with Crippen LogP contribution in [0, 0.1) is 24.2 Å². The summed E-state index contributed by atoms with van der Waals surface area (Å²) >= 11 is 6.24. The van der Waals surface area contributed by atoms with Crippen molar-refractivity contribution in [2.75, 3.05) is 26.1 Å². The highest BCUT2D eigenvalue weighted by atomic mass is 35.5. The molecule has 0 aromatic heterocycles. The molecule has 1 unspecified atom stereocenters. The number of amides is 2. The normalized spacial score (nSPS) is 11.5. The van der Waals surface area contributed by atoms with Gasteiger partial charge in [0.2, 0.25) is 5.91 Å². The lowest BCUT2D eigenvalue weighted by molar-refractivity contribution is -0.134. The SMILES string of the molecule is C#CCOc1c(Cl)cc(C=NNC(=O)C(C(=O)Nc2ccc(OC)cc2)C(C)C)cc1OC. The van der Waals surface area contributed by atoms with Crippen LogP contribution in [0.3, 0.4) is 0 Å². The van der Waals surface area contributed by atoms with Crippen molar-refractivity contribution in [3.05, 3.63) is 47.0 Å². The number of benzene rings is 2. The number of rotatable bonds is 10. The third kappa shape index (κ3) is 7.16. The summed E-state index contributed by atoms with van der Waals surface area (Å²) in [6.45, 7) is 3.59. The van der Waals surface area contributed by atoms with Crippen molar-refractivity contribution in [3.63, 3.8) is 0 Å². The highest BCUT2D eigenvalue weighted by Crippen LogP contribution is 2.36. The summed E-state index contributed by atoms with van der Waals surface area (Å²) in [6, 6.07) is 10.0. The first-order chi connectivity index (χ1) is 15.8. The van der Waals surface area contributed by atoms with Crippen LogP contribution in [-0.2, 0) is 9.59 Å². The molecule has 2 amide bonds. The molecule has 0 heterocycles. The summed E-state index contributed by atoms with van der Waals surface area (Å²) in [5, 5.41) is 6.97. The molecular formula is C24H26ClN3O5. The number of hydrogen-bond donors (Lipinski definition) is 2. The number of nitrogens with zero attached hydrogens (tertiary/aromatic N) is 1. The van der Waals surface area contributed by atoms with Gasteiger partial charge in [0.05, 0.1) is 25.5 Å². The van der Waals surface area contributed by atoms with Crippen molar-refractivity contribution in [1.29, 1.82) is 0 Å². The average molecular weight is 472 g/mol. The Balaban J connectivity index is 2.08. The molecule has 0 spiro atoms. The molecule has 2 aromatic carbocycles. The molecule has 0 aliphatic carbocycles. The number of anilines is 1. The second-order valence-electron chi connectivity index (χ2n) is 7.20. The fourth-order valence-corrected chi connectivity index (χ4v) is 3.20. The van der Waals surface area contributed by atoms with E-state index in [0.717, 1.165) is 0 Å². The maximum atomic E-state index is 12.7. The molecule has 2 N–H and O–H groups in total. The number of halogens is 1. The van der Waals surface area contributed by atoms with Gasteiger partial charge in [-0.15, -0.1) is 6.42 Å². The Kier molecular flexibility index (Phi) is 9.58. The fraction of sp³-hybridized carbons (Fsp3) is 0.292. The molecular weight excluding hydrogens is 446 g/mol. The van der Waals surface area contributed by atoms with Crippen LogP contribution < -0.4 is 25.0 Å². The second-order valence-corrected chi connectivity index (χ2v) is 7.61. The highest BCUT2D eigenvalue weighted by Gasteiger charge is 2.30. The van der Waals surface area contributed by atoms with Crippen LogP contribution in [0.1, 0.15) is 19.4 Å². The largest absolute Gasteiger partial charge is 0.497 e. The van der Waals surface area contributed by atoms with Gasteiger partial charge < -0.3 is 19.5 Å². The molecule has 0 aliphatic heterocycles. The number of methoxy groups -OCH3 is 2. The number of carbonyl (C=O) groups is 2. The Hall–Kier alpha value is -3.70. The van der Waals surface area contributed by atoms with Gasteiger partial charge in [-0.25, -0.2) is 5.43 Å². The summed E-state index contributed by atoms with van der Waals surface area (Å²) in [6.07, 6.45) is 6.59. The van der Waals surface area contributed by atoms with Crippen molar-refractivity contribution in [3.8, 4) is 29.6 Å². The molecule has 2 aromatic rings. The maximum absolute atomic E-state index is 12.7. The smallest absolute Gasteiger partial charge is 0.252 e. The van der Waals surface area contributed by atoms with Crippen LogP contribution in [0.15, 0.2) is 41.5 Å². The number of hydrogen-bond acceptors (Lipinski definition) is 6. The molecule has 0 radical (unpaired) electrons. The Labute approximate surface area is 198 Å². The van der Waals surface area contributed by atoms with Crippen molar-refractivity contribution < 1.29 is 23.8 Å². The lowest BCUT2D eigenvalue weighted by atomic mass is 9.94. The van der Waals surface area contributed by atoms with Gasteiger partial charge in [0.1, 0.15) is 18.3 Å². The van der Waals surface area contributed by atoms with E-state index in [2.05, 4.69) is 21.8 Å². The summed E-state index contributed by atoms with van der Waals surface area (Å²) in [5.41, 5.74) is 3.51. The van der Waals surface area contributed by atoms with E-state index in [9.17, 15) is 9.59 Å². The minimum absolute atomic E-state index is 0.0365. The third-order valence-electron chi connectivity index (χ3n) is 4.53. The van der Waals surface area contributed by atoms with E-state index < -0.39 is 17.7 Å².